The van der Waals surface area contributed by atoms with Crippen LogP contribution in [-0.4, -0.2) is 13.0 Å². The molecule has 0 bridgehead atoms. The number of halogens is 2. The molecule has 1 rings (SSSR count). The Kier molecular flexibility index (Phi) is 5.39. The second-order valence-corrected chi connectivity index (χ2v) is 4.44. The molecule has 0 aliphatic carbocycles. The van der Waals surface area contributed by atoms with Crippen molar-refractivity contribution in [2.45, 2.75) is 33.2 Å². The van der Waals surface area contributed by atoms with Gasteiger partial charge in [-0.05, 0) is 23.5 Å². The average molecular weight is 227 g/mol. The first kappa shape index (κ1) is 13.1. The summed E-state index contributed by atoms with van der Waals surface area (Å²) in [6.45, 7) is 4.62. The predicted molar refractivity (Wildman–Crippen MR) is 62.7 cm³/mol. The van der Waals surface area contributed by atoms with Crippen LogP contribution in [0.15, 0.2) is 24.3 Å². The van der Waals surface area contributed by atoms with Crippen LogP contribution in [0.2, 0.25) is 0 Å². The lowest BCUT2D eigenvalue weighted by atomic mass is 10.0. The maximum Gasteiger partial charge on any atom is 0.250 e. The molecular formula is C13H19F2N. The highest BCUT2D eigenvalue weighted by Gasteiger charge is 2.01. The molecule has 0 spiro atoms. The number of rotatable bonds is 6. The van der Waals surface area contributed by atoms with E-state index >= 15 is 0 Å². The molecule has 0 heterocycles. The van der Waals surface area contributed by atoms with Crippen LogP contribution < -0.4 is 5.32 Å². The fourth-order valence-corrected chi connectivity index (χ4v) is 1.59. The Hall–Kier alpha value is -0.960. The molecule has 0 aliphatic rings. The predicted octanol–water partition coefficient (Wildman–Crippen LogP) is 3.24. The first-order valence-corrected chi connectivity index (χ1v) is 5.64. The third-order valence-electron chi connectivity index (χ3n) is 2.29. The lowest BCUT2D eigenvalue weighted by molar-refractivity contribution is 0.145. The van der Waals surface area contributed by atoms with Gasteiger partial charge >= 0.3 is 0 Å². The summed E-state index contributed by atoms with van der Waals surface area (Å²) in [4.78, 5) is 0. The molecule has 0 saturated carbocycles. The van der Waals surface area contributed by atoms with Crippen LogP contribution in [0.4, 0.5) is 8.78 Å². The summed E-state index contributed by atoms with van der Waals surface area (Å²) in [5.41, 5.74) is 2.35. The van der Waals surface area contributed by atoms with Crippen molar-refractivity contribution < 1.29 is 8.78 Å². The highest BCUT2D eigenvalue weighted by molar-refractivity contribution is 5.22. The highest BCUT2D eigenvalue weighted by Crippen LogP contribution is 2.09. The summed E-state index contributed by atoms with van der Waals surface area (Å²) in [7, 11) is 0. The van der Waals surface area contributed by atoms with Crippen LogP contribution in [0, 0.1) is 5.92 Å². The summed E-state index contributed by atoms with van der Waals surface area (Å²) in [6, 6.07) is 8.13. The number of alkyl halides is 2. The number of hydrogen-bond acceptors (Lipinski definition) is 1. The Labute approximate surface area is 95.9 Å². The SMILES string of the molecule is CC(C)Cc1ccc(CNCC(F)F)cc1. The molecule has 16 heavy (non-hydrogen) atoms. The van der Waals surface area contributed by atoms with E-state index in [0.29, 0.717) is 12.5 Å². The molecule has 1 aromatic rings. The van der Waals surface area contributed by atoms with Crippen LogP contribution >= 0.6 is 0 Å². The monoisotopic (exact) mass is 227 g/mol. The van der Waals surface area contributed by atoms with Gasteiger partial charge in [-0.1, -0.05) is 38.1 Å². The lowest BCUT2D eigenvalue weighted by Gasteiger charge is -2.07. The largest absolute Gasteiger partial charge is 0.307 e. The van der Waals surface area contributed by atoms with E-state index in [1.54, 1.807) is 0 Å². The molecule has 1 N–H and O–H groups in total. The molecule has 0 fully saturated rings. The van der Waals surface area contributed by atoms with Crippen LogP contribution in [0.5, 0.6) is 0 Å². The molecule has 0 aliphatic heterocycles. The minimum Gasteiger partial charge on any atom is -0.307 e. The minimum absolute atomic E-state index is 0.242. The van der Waals surface area contributed by atoms with Crippen LogP contribution in [0.3, 0.4) is 0 Å². The Morgan fingerprint density at radius 2 is 1.62 bits per heavy atom. The van der Waals surface area contributed by atoms with Crippen LogP contribution in [-0.2, 0) is 13.0 Å². The zero-order valence-electron chi connectivity index (χ0n) is 9.84. The summed E-state index contributed by atoms with van der Waals surface area (Å²) in [5.74, 6) is 0.641. The molecule has 0 unspecified atom stereocenters. The van der Waals surface area contributed by atoms with Gasteiger partial charge in [0.1, 0.15) is 0 Å². The van der Waals surface area contributed by atoms with Crippen molar-refractivity contribution in [1.29, 1.82) is 0 Å². The fraction of sp³-hybridized carbons (Fsp3) is 0.538. The summed E-state index contributed by atoms with van der Waals surface area (Å²) < 4.78 is 23.8. The summed E-state index contributed by atoms with van der Waals surface area (Å²) >= 11 is 0. The standard InChI is InChI=1S/C13H19F2N/c1-10(2)7-11-3-5-12(6-4-11)8-16-9-13(14)15/h3-6,10,13,16H,7-9H2,1-2H3. The van der Waals surface area contributed by atoms with Crippen molar-refractivity contribution in [3.05, 3.63) is 35.4 Å². The van der Waals surface area contributed by atoms with Crippen LogP contribution in [0.25, 0.3) is 0 Å². The van der Waals surface area contributed by atoms with Crippen molar-refractivity contribution in [2.24, 2.45) is 5.92 Å². The Bertz CT molecular complexity index is 293. The quantitative estimate of drug-likeness (QED) is 0.786. The first-order valence-electron chi connectivity index (χ1n) is 5.64. The van der Waals surface area contributed by atoms with Gasteiger partial charge in [0.05, 0.1) is 6.54 Å². The summed E-state index contributed by atoms with van der Waals surface area (Å²) in [6.07, 6.45) is -1.22. The second-order valence-electron chi connectivity index (χ2n) is 4.44. The van der Waals surface area contributed by atoms with Gasteiger partial charge in [0.25, 0.3) is 6.43 Å². The zero-order chi connectivity index (χ0) is 12.0. The average Bonchev–Trinajstić information content (AvgIpc) is 2.19. The van der Waals surface area contributed by atoms with Gasteiger partial charge in [0.2, 0.25) is 0 Å². The van der Waals surface area contributed by atoms with E-state index in [1.807, 2.05) is 12.1 Å². The van der Waals surface area contributed by atoms with Crippen LogP contribution in [0.1, 0.15) is 25.0 Å². The Balaban J connectivity index is 2.39. The first-order chi connectivity index (χ1) is 7.58. The normalized spacial score (nSPS) is 11.4. The van der Waals surface area contributed by atoms with Crippen molar-refractivity contribution in [2.75, 3.05) is 6.54 Å². The van der Waals surface area contributed by atoms with E-state index in [2.05, 4.69) is 31.3 Å². The van der Waals surface area contributed by atoms with E-state index in [0.717, 1.165) is 12.0 Å². The molecule has 1 nitrogen and oxygen atoms in total. The van der Waals surface area contributed by atoms with E-state index in [1.165, 1.54) is 5.56 Å². The Morgan fingerprint density at radius 1 is 1.06 bits per heavy atom. The number of nitrogens with one attached hydrogen (secondary N) is 1. The molecule has 0 saturated heterocycles. The molecule has 1 aromatic carbocycles. The molecule has 90 valence electrons. The van der Waals surface area contributed by atoms with Gasteiger partial charge < -0.3 is 5.32 Å². The number of benzene rings is 1. The van der Waals surface area contributed by atoms with Crippen molar-refractivity contribution in [3.63, 3.8) is 0 Å². The zero-order valence-corrected chi connectivity index (χ0v) is 9.84. The van der Waals surface area contributed by atoms with Gasteiger partial charge in [-0.3, -0.25) is 0 Å². The van der Waals surface area contributed by atoms with Crippen molar-refractivity contribution in [1.82, 2.24) is 5.32 Å². The van der Waals surface area contributed by atoms with E-state index in [-0.39, 0.29) is 6.54 Å². The molecular weight excluding hydrogens is 208 g/mol. The minimum atomic E-state index is -2.28. The molecule has 0 atom stereocenters. The lowest BCUT2D eigenvalue weighted by Crippen LogP contribution is -2.20. The van der Waals surface area contributed by atoms with E-state index < -0.39 is 6.43 Å². The number of hydrogen-bond donors (Lipinski definition) is 1. The van der Waals surface area contributed by atoms with Gasteiger partial charge in [0, 0.05) is 6.54 Å². The second kappa shape index (κ2) is 6.59. The molecule has 3 heteroatoms. The highest BCUT2D eigenvalue weighted by atomic mass is 19.3. The third kappa shape index (κ3) is 5.21. The van der Waals surface area contributed by atoms with E-state index in [4.69, 9.17) is 0 Å². The van der Waals surface area contributed by atoms with E-state index in [9.17, 15) is 8.78 Å². The van der Waals surface area contributed by atoms with Crippen molar-refractivity contribution in [3.8, 4) is 0 Å². The van der Waals surface area contributed by atoms with Gasteiger partial charge in [0.15, 0.2) is 0 Å². The van der Waals surface area contributed by atoms with Gasteiger partial charge in [-0.25, -0.2) is 8.78 Å². The molecule has 0 amide bonds. The topological polar surface area (TPSA) is 12.0 Å². The summed E-state index contributed by atoms with van der Waals surface area (Å²) in [5, 5.41) is 2.71. The van der Waals surface area contributed by atoms with Crippen molar-refractivity contribution >= 4 is 0 Å². The maximum atomic E-state index is 11.9. The Morgan fingerprint density at radius 3 is 2.12 bits per heavy atom. The fourth-order valence-electron chi connectivity index (χ4n) is 1.59. The third-order valence-corrected chi connectivity index (χ3v) is 2.29. The molecule has 0 radical (unpaired) electrons. The van der Waals surface area contributed by atoms with Gasteiger partial charge in [-0.15, -0.1) is 0 Å². The molecule has 0 aromatic heterocycles. The maximum absolute atomic E-state index is 11.9. The van der Waals surface area contributed by atoms with Gasteiger partial charge in [-0.2, -0.15) is 0 Å². The smallest absolute Gasteiger partial charge is 0.250 e.